The maximum atomic E-state index is 13.7. The van der Waals surface area contributed by atoms with Crippen LogP contribution < -0.4 is 4.74 Å². The van der Waals surface area contributed by atoms with E-state index in [9.17, 15) is 9.59 Å². The van der Waals surface area contributed by atoms with E-state index in [1.165, 1.54) is 4.88 Å². The van der Waals surface area contributed by atoms with E-state index < -0.39 is 0 Å². The third-order valence-corrected chi connectivity index (χ3v) is 7.67. The number of hydrogen-bond acceptors (Lipinski definition) is 4. The Morgan fingerprint density at radius 2 is 1.91 bits per heavy atom. The van der Waals surface area contributed by atoms with Gasteiger partial charge in [-0.2, -0.15) is 0 Å². The first kappa shape index (κ1) is 25.5. The van der Waals surface area contributed by atoms with Crippen LogP contribution in [0.2, 0.25) is 10.0 Å². The van der Waals surface area contributed by atoms with E-state index in [4.69, 9.17) is 27.9 Å². The molecule has 0 fully saturated rings. The van der Waals surface area contributed by atoms with Crippen LogP contribution in [0.3, 0.4) is 0 Å². The van der Waals surface area contributed by atoms with Crippen LogP contribution >= 0.6 is 34.5 Å². The zero-order chi connectivity index (χ0) is 24.8. The molecule has 5 nitrogen and oxygen atoms in total. The van der Waals surface area contributed by atoms with Crippen LogP contribution in [-0.4, -0.2) is 47.9 Å². The van der Waals surface area contributed by atoms with Crippen LogP contribution in [0, 0.1) is 0 Å². The molecule has 3 aromatic rings. The summed E-state index contributed by atoms with van der Waals surface area (Å²) in [6, 6.07) is 16.4. The summed E-state index contributed by atoms with van der Waals surface area (Å²) in [7, 11) is 0. The highest BCUT2D eigenvalue weighted by Gasteiger charge is 2.35. The highest BCUT2D eigenvalue weighted by Crippen LogP contribution is 2.41. The molecule has 2 heterocycles. The number of nitrogens with zero attached hydrogens (tertiary/aromatic N) is 2. The third-order valence-electron chi connectivity index (χ3n) is 6.11. The van der Waals surface area contributed by atoms with Crippen molar-refractivity contribution in [1.29, 1.82) is 0 Å². The number of carbonyl (C=O) groups excluding carboxylic acids is 2. The fourth-order valence-corrected chi connectivity index (χ4v) is 5.71. The Hall–Kier alpha value is -2.54. The topological polar surface area (TPSA) is 49.9 Å². The van der Waals surface area contributed by atoms with Gasteiger partial charge in [0, 0.05) is 28.0 Å². The maximum absolute atomic E-state index is 13.7. The summed E-state index contributed by atoms with van der Waals surface area (Å²) in [5, 5.41) is 3.12. The second-order valence-electron chi connectivity index (χ2n) is 8.48. The summed E-state index contributed by atoms with van der Waals surface area (Å²) in [6.07, 6.45) is 2.51. The Morgan fingerprint density at radius 1 is 1.11 bits per heavy atom. The molecule has 1 aliphatic heterocycles. The number of ether oxygens (including phenoxy) is 1. The van der Waals surface area contributed by atoms with Gasteiger partial charge in [-0.1, -0.05) is 60.8 Å². The lowest BCUT2D eigenvalue weighted by molar-refractivity contribution is -0.142. The number of unbranched alkanes of at least 4 members (excludes halogenated alkanes) is 1. The fourth-order valence-electron chi connectivity index (χ4n) is 4.29. The number of hydrogen-bond donors (Lipinski definition) is 0. The summed E-state index contributed by atoms with van der Waals surface area (Å²) in [4.78, 5) is 31.4. The van der Waals surface area contributed by atoms with Crippen LogP contribution in [0.15, 0.2) is 60.0 Å². The Labute approximate surface area is 220 Å². The number of thiophene rings is 1. The minimum absolute atomic E-state index is 0.00182. The summed E-state index contributed by atoms with van der Waals surface area (Å²) in [5.41, 5.74) is 1.92. The molecule has 2 aromatic carbocycles. The molecule has 8 heteroatoms. The molecule has 0 N–H and O–H groups in total. The van der Waals surface area contributed by atoms with Crippen LogP contribution in [0.25, 0.3) is 0 Å². The number of para-hydroxylation sites is 1. The zero-order valence-electron chi connectivity index (χ0n) is 19.6. The zero-order valence-corrected chi connectivity index (χ0v) is 21.9. The molecule has 0 spiro atoms. The van der Waals surface area contributed by atoms with Crippen molar-refractivity contribution in [3.63, 3.8) is 0 Å². The quantitative estimate of drug-likeness (QED) is 0.329. The second-order valence-corrected chi connectivity index (χ2v) is 10.3. The number of fused-ring (bicyclic) bond motifs is 1. The predicted octanol–water partition coefficient (Wildman–Crippen LogP) is 6.24. The van der Waals surface area contributed by atoms with Gasteiger partial charge < -0.3 is 14.5 Å². The number of carbonyl (C=O) groups is 2. The van der Waals surface area contributed by atoms with Gasteiger partial charge in [-0.3, -0.25) is 9.59 Å². The molecule has 4 rings (SSSR count). The van der Waals surface area contributed by atoms with Crippen molar-refractivity contribution < 1.29 is 14.3 Å². The fraction of sp³-hybridized carbons (Fsp3) is 0.333. The van der Waals surface area contributed by atoms with Gasteiger partial charge in [0.1, 0.15) is 5.75 Å². The van der Waals surface area contributed by atoms with E-state index in [0.29, 0.717) is 28.9 Å². The minimum Gasteiger partial charge on any atom is -0.484 e. The number of rotatable bonds is 9. The van der Waals surface area contributed by atoms with Gasteiger partial charge in [0.15, 0.2) is 6.61 Å². The van der Waals surface area contributed by atoms with Crippen molar-refractivity contribution in [2.24, 2.45) is 0 Å². The highest BCUT2D eigenvalue weighted by atomic mass is 35.5. The number of benzene rings is 2. The second kappa shape index (κ2) is 11.9. The molecule has 0 bridgehead atoms. The molecular weight excluding hydrogens is 503 g/mol. The number of amides is 2. The Kier molecular flexibility index (Phi) is 8.71. The highest BCUT2D eigenvalue weighted by molar-refractivity contribution is 7.10. The van der Waals surface area contributed by atoms with E-state index in [1.54, 1.807) is 40.5 Å². The number of halogens is 2. The van der Waals surface area contributed by atoms with Gasteiger partial charge >= 0.3 is 0 Å². The van der Waals surface area contributed by atoms with Crippen molar-refractivity contribution in [2.75, 3.05) is 26.2 Å². The van der Waals surface area contributed by atoms with Gasteiger partial charge in [-0.05, 0) is 59.7 Å². The molecule has 1 aromatic heterocycles. The van der Waals surface area contributed by atoms with Crippen LogP contribution in [0.1, 0.15) is 41.8 Å². The predicted molar refractivity (Wildman–Crippen MR) is 141 cm³/mol. The normalized spacial score (nSPS) is 14.9. The van der Waals surface area contributed by atoms with Gasteiger partial charge in [-0.15, -0.1) is 11.3 Å². The molecule has 1 aliphatic rings. The van der Waals surface area contributed by atoms with Crippen LogP contribution in [0.4, 0.5) is 0 Å². The molecule has 0 radical (unpaired) electrons. The molecule has 1 unspecified atom stereocenters. The van der Waals surface area contributed by atoms with Gasteiger partial charge in [-0.25, -0.2) is 0 Å². The lowest BCUT2D eigenvalue weighted by Crippen LogP contribution is -2.48. The first-order chi connectivity index (χ1) is 17.0. The van der Waals surface area contributed by atoms with E-state index in [2.05, 4.69) is 13.0 Å². The Balaban J connectivity index is 1.54. The van der Waals surface area contributed by atoms with E-state index in [-0.39, 0.29) is 31.0 Å². The monoisotopic (exact) mass is 530 g/mol. The largest absolute Gasteiger partial charge is 0.484 e. The molecular formula is C27H28Cl2N2O3S. The van der Waals surface area contributed by atoms with Crippen LogP contribution in [-0.2, 0) is 16.0 Å². The van der Waals surface area contributed by atoms with Crippen molar-refractivity contribution in [3.8, 4) is 5.75 Å². The summed E-state index contributed by atoms with van der Waals surface area (Å²) < 4.78 is 5.66. The van der Waals surface area contributed by atoms with Crippen molar-refractivity contribution in [2.45, 2.75) is 32.2 Å². The Bertz CT molecular complexity index is 1170. The van der Waals surface area contributed by atoms with E-state index in [0.717, 1.165) is 30.4 Å². The molecule has 0 saturated heterocycles. The molecule has 35 heavy (non-hydrogen) atoms. The molecule has 1 atom stereocenters. The van der Waals surface area contributed by atoms with Crippen molar-refractivity contribution in [3.05, 3.63) is 86.0 Å². The third kappa shape index (κ3) is 6.18. The van der Waals surface area contributed by atoms with Crippen molar-refractivity contribution >= 4 is 46.4 Å². The average Bonchev–Trinajstić information content (AvgIpc) is 3.34. The Morgan fingerprint density at radius 3 is 2.66 bits per heavy atom. The molecule has 0 aliphatic carbocycles. The van der Waals surface area contributed by atoms with E-state index >= 15 is 0 Å². The standard InChI is InChI=1S/C27H28Cl2N2O3S/c1-2-3-13-30(26(33)18-34-20-7-5-4-6-8-20)17-25(32)31-14-11-24-22(12-15-35-24)27(31)21-10-9-19(28)16-23(21)29/h4-10,12,15-16,27H,2-3,11,13-14,17-18H2,1H3. The first-order valence-electron chi connectivity index (χ1n) is 11.7. The van der Waals surface area contributed by atoms with Gasteiger partial charge in [0.25, 0.3) is 5.91 Å². The smallest absolute Gasteiger partial charge is 0.260 e. The average molecular weight is 532 g/mol. The SMILES string of the molecule is CCCCN(CC(=O)N1CCc2sccc2C1c1ccc(Cl)cc1Cl)C(=O)COc1ccccc1. The first-order valence-corrected chi connectivity index (χ1v) is 13.4. The molecule has 2 amide bonds. The maximum Gasteiger partial charge on any atom is 0.260 e. The van der Waals surface area contributed by atoms with E-state index in [1.807, 2.05) is 34.5 Å². The lowest BCUT2D eigenvalue weighted by atomic mass is 9.93. The molecule has 184 valence electrons. The lowest BCUT2D eigenvalue weighted by Gasteiger charge is -2.38. The van der Waals surface area contributed by atoms with Crippen LogP contribution in [0.5, 0.6) is 5.75 Å². The summed E-state index contributed by atoms with van der Waals surface area (Å²) in [5.74, 6) is 0.313. The van der Waals surface area contributed by atoms with Crippen molar-refractivity contribution in [1.82, 2.24) is 9.80 Å². The molecule has 0 saturated carbocycles. The van der Waals surface area contributed by atoms with Gasteiger partial charge in [0.05, 0.1) is 12.6 Å². The summed E-state index contributed by atoms with van der Waals surface area (Å²) in [6.45, 7) is 3.02. The summed E-state index contributed by atoms with van der Waals surface area (Å²) >= 11 is 14.4. The minimum atomic E-state index is -0.314. The van der Waals surface area contributed by atoms with Gasteiger partial charge in [0.2, 0.25) is 5.91 Å².